The molecule has 2 bridgehead atoms. The molecule has 1 amide bonds. The van der Waals surface area contributed by atoms with Gasteiger partial charge < -0.3 is 15.1 Å². The van der Waals surface area contributed by atoms with Crippen molar-refractivity contribution in [3.05, 3.63) is 53.2 Å². The molecule has 1 aromatic carbocycles. The smallest absolute Gasteiger partial charge is 0.347 e. The SMILES string of the molecule is O=C(CCNCc1cccc2ncsc12)N1CC2CCC(C1)N2c1ccc(C(F)(F)F)cn1. The van der Waals surface area contributed by atoms with Crippen molar-refractivity contribution in [1.82, 2.24) is 20.2 Å². The van der Waals surface area contributed by atoms with Gasteiger partial charge in [-0.25, -0.2) is 9.97 Å². The van der Waals surface area contributed by atoms with Crippen molar-refractivity contribution in [3.63, 3.8) is 0 Å². The molecule has 0 radical (unpaired) electrons. The highest BCUT2D eigenvalue weighted by Gasteiger charge is 2.42. The second kappa shape index (κ2) is 8.90. The Morgan fingerprint density at radius 1 is 1.12 bits per heavy atom. The third-order valence-electron chi connectivity index (χ3n) is 6.44. The Balaban J connectivity index is 1.14. The molecule has 0 aliphatic carbocycles. The summed E-state index contributed by atoms with van der Waals surface area (Å²) in [6.07, 6.45) is -1.26. The van der Waals surface area contributed by atoms with Gasteiger partial charge in [-0.15, -0.1) is 11.3 Å². The number of aromatic nitrogens is 2. The van der Waals surface area contributed by atoms with Gasteiger partial charge in [0.1, 0.15) is 5.82 Å². The zero-order valence-corrected chi connectivity index (χ0v) is 18.7. The number of pyridine rings is 1. The first-order chi connectivity index (χ1) is 15.9. The predicted octanol–water partition coefficient (Wildman–Crippen LogP) is 4.07. The first kappa shape index (κ1) is 22.1. The molecule has 3 aromatic rings. The summed E-state index contributed by atoms with van der Waals surface area (Å²) in [5.41, 5.74) is 3.27. The van der Waals surface area contributed by atoms with E-state index in [1.54, 1.807) is 11.3 Å². The number of carbonyl (C=O) groups excluding carboxylic acids is 1. The molecule has 1 N–H and O–H groups in total. The van der Waals surface area contributed by atoms with Gasteiger partial charge in [-0.1, -0.05) is 12.1 Å². The van der Waals surface area contributed by atoms with Gasteiger partial charge in [0, 0.05) is 50.9 Å². The first-order valence-corrected chi connectivity index (χ1v) is 11.9. The second-order valence-electron chi connectivity index (χ2n) is 8.54. The van der Waals surface area contributed by atoms with E-state index in [4.69, 9.17) is 0 Å². The van der Waals surface area contributed by atoms with Gasteiger partial charge in [0.05, 0.1) is 21.3 Å². The minimum atomic E-state index is -4.39. The number of fused-ring (bicyclic) bond motifs is 3. The largest absolute Gasteiger partial charge is 0.417 e. The van der Waals surface area contributed by atoms with E-state index in [2.05, 4.69) is 26.3 Å². The van der Waals surface area contributed by atoms with Crippen molar-refractivity contribution in [2.24, 2.45) is 0 Å². The van der Waals surface area contributed by atoms with E-state index >= 15 is 0 Å². The summed E-state index contributed by atoms with van der Waals surface area (Å²) in [4.78, 5) is 25.2. The van der Waals surface area contributed by atoms with Crippen LogP contribution < -0.4 is 10.2 Å². The van der Waals surface area contributed by atoms with Gasteiger partial charge in [-0.05, 0) is 36.6 Å². The lowest BCUT2D eigenvalue weighted by Gasteiger charge is -2.42. The van der Waals surface area contributed by atoms with Gasteiger partial charge in [0.15, 0.2) is 0 Å². The minimum absolute atomic E-state index is 0.0915. The van der Waals surface area contributed by atoms with E-state index in [0.717, 1.165) is 30.6 Å². The number of nitrogens with zero attached hydrogens (tertiary/aromatic N) is 4. The normalized spacial score (nSPS) is 20.6. The Hall–Kier alpha value is -2.72. The van der Waals surface area contributed by atoms with Gasteiger partial charge in [-0.2, -0.15) is 13.2 Å². The van der Waals surface area contributed by atoms with Gasteiger partial charge in [-0.3, -0.25) is 4.79 Å². The molecule has 2 aliphatic rings. The van der Waals surface area contributed by atoms with Crippen LogP contribution >= 0.6 is 11.3 Å². The van der Waals surface area contributed by atoms with E-state index < -0.39 is 11.7 Å². The fourth-order valence-corrected chi connectivity index (χ4v) is 5.65. The summed E-state index contributed by atoms with van der Waals surface area (Å²) in [5, 5.41) is 3.36. The first-order valence-electron chi connectivity index (χ1n) is 11.0. The summed E-state index contributed by atoms with van der Waals surface area (Å²) < 4.78 is 39.7. The van der Waals surface area contributed by atoms with Crippen molar-refractivity contribution in [3.8, 4) is 0 Å². The van der Waals surface area contributed by atoms with E-state index in [-0.39, 0.29) is 18.0 Å². The summed E-state index contributed by atoms with van der Waals surface area (Å²) in [7, 11) is 0. The van der Waals surface area contributed by atoms with Crippen LogP contribution in [0.1, 0.15) is 30.4 Å². The Labute approximate surface area is 193 Å². The van der Waals surface area contributed by atoms with Crippen LogP contribution in [0, 0.1) is 0 Å². The lowest BCUT2D eigenvalue weighted by molar-refractivity contribution is -0.138. The third kappa shape index (κ3) is 4.54. The molecule has 6 nitrogen and oxygen atoms in total. The summed E-state index contributed by atoms with van der Waals surface area (Å²) >= 11 is 1.62. The molecule has 33 heavy (non-hydrogen) atoms. The van der Waals surface area contributed by atoms with Crippen molar-refractivity contribution < 1.29 is 18.0 Å². The van der Waals surface area contributed by atoms with E-state index in [0.29, 0.717) is 38.4 Å². The fraction of sp³-hybridized carbons (Fsp3) is 0.435. The number of amides is 1. The zero-order valence-electron chi connectivity index (χ0n) is 17.9. The molecule has 4 heterocycles. The Bertz CT molecular complexity index is 1120. The van der Waals surface area contributed by atoms with Crippen molar-refractivity contribution >= 4 is 33.3 Å². The summed E-state index contributed by atoms with van der Waals surface area (Å²) in [6.45, 7) is 2.44. The summed E-state index contributed by atoms with van der Waals surface area (Å²) in [5.74, 6) is 0.664. The molecule has 2 aliphatic heterocycles. The van der Waals surface area contributed by atoms with Crippen LogP contribution in [0.15, 0.2) is 42.0 Å². The lowest BCUT2D eigenvalue weighted by Crippen LogP contribution is -2.56. The Kier molecular flexibility index (Phi) is 5.96. The number of carbonyl (C=O) groups is 1. The van der Waals surface area contributed by atoms with Crippen LogP contribution in [-0.2, 0) is 17.5 Å². The number of halogens is 3. The summed E-state index contributed by atoms with van der Waals surface area (Å²) in [6, 6.07) is 8.76. The quantitative estimate of drug-likeness (QED) is 0.545. The number of piperazine rings is 1. The van der Waals surface area contributed by atoms with Crippen LogP contribution in [0.5, 0.6) is 0 Å². The molecule has 2 aromatic heterocycles. The molecule has 2 fully saturated rings. The lowest BCUT2D eigenvalue weighted by atomic mass is 10.1. The predicted molar refractivity (Wildman–Crippen MR) is 121 cm³/mol. The topological polar surface area (TPSA) is 61.4 Å². The average Bonchev–Trinajstić information content (AvgIpc) is 3.38. The van der Waals surface area contributed by atoms with Gasteiger partial charge >= 0.3 is 6.18 Å². The number of benzene rings is 1. The second-order valence-corrected chi connectivity index (χ2v) is 9.39. The highest BCUT2D eigenvalue weighted by Crippen LogP contribution is 2.35. The number of likely N-dealkylation sites (tertiary alicyclic amines) is 1. The number of anilines is 1. The molecular weight excluding hydrogens is 451 g/mol. The maximum Gasteiger partial charge on any atom is 0.417 e. The fourth-order valence-electron chi connectivity index (χ4n) is 4.85. The van der Waals surface area contributed by atoms with Crippen LogP contribution in [0.2, 0.25) is 0 Å². The molecule has 2 atom stereocenters. The van der Waals surface area contributed by atoms with E-state index in [1.807, 2.05) is 22.5 Å². The molecular formula is C23H24F3N5OS. The number of nitrogens with one attached hydrogen (secondary N) is 1. The average molecular weight is 476 g/mol. The number of thiazole rings is 1. The van der Waals surface area contributed by atoms with Crippen molar-refractivity contribution in [2.75, 3.05) is 24.5 Å². The molecule has 0 saturated carbocycles. The monoisotopic (exact) mass is 475 g/mol. The maximum absolute atomic E-state index is 12.8. The molecule has 2 saturated heterocycles. The molecule has 5 rings (SSSR count). The highest BCUT2D eigenvalue weighted by atomic mass is 32.1. The van der Waals surface area contributed by atoms with E-state index in [1.165, 1.54) is 16.3 Å². The number of rotatable bonds is 6. The van der Waals surface area contributed by atoms with E-state index in [9.17, 15) is 18.0 Å². The van der Waals surface area contributed by atoms with Gasteiger partial charge in [0.25, 0.3) is 0 Å². The molecule has 2 unspecified atom stereocenters. The third-order valence-corrected chi connectivity index (χ3v) is 7.36. The Morgan fingerprint density at radius 3 is 2.61 bits per heavy atom. The maximum atomic E-state index is 12.8. The van der Waals surface area contributed by atoms with Crippen LogP contribution in [0.25, 0.3) is 10.2 Å². The molecule has 10 heteroatoms. The number of hydrogen-bond acceptors (Lipinski definition) is 6. The zero-order chi connectivity index (χ0) is 23.0. The Morgan fingerprint density at radius 2 is 1.91 bits per heavy atom. The number of hydrogen-bond donors (Lipinski definition) is 1. The van der Waals surface area contributed by atoms with Crippen LogP contribution in [0.3, 0.4) is 0 Å². The van der Waals surface area contributed by atoms with Crippen LogP contribution in [0.4, 0.5) is 19.0 Å². The van der Waals surface area contributed by atoms with Crippen molar-refractivity contribution in [2.45, 2.75) is 44.1 Å². The van der Waals surface area contributed by atoms with Gasteiger partial charge in [0.2, 0.25) is 5.91 Å². The highest BCUT2D eigenvalue weighted by molar-refractivity contribution is 7.16. The van der Waals surface area contributed by atoms with Crippen molar-refractivity contribution in [1.29, 1.82) is 0 Å². The molecule has 0 spiro atoms. The van der Waals surface area contributed by atoms with Crippen LogP contribution in [-0.4, -0.2) is 52.5 Å². The minimum Gasteiger partial charge on any atom is -0.347 e. The molecule has 174 valence electrons. The number of alkyl halides is 3. The standard InChI is InChI=1S/C23H24F3N5OS/c24-23(25,26)16-4-7-20(28-11-16)31-17-5-6-18(31)13-30(12-17)21(32)8-9-27-10-15-2-1-3-19-22(15)33-14-29-19/h1-4,7,11,14,17-18,27H,5-6,8-10,12-13H2.